The van der Waals surface area contributed by atoms with Crippen LogP contribution in [0.4, 0.5) is 0 Å². The van der Waals surface area contributed by atoms with Crippen molar-refractivity contribution in [3.63, 3.8) is 0 Å². The molecule has 2 aliphatic rings. The predicted molar refractivity (Wildman–Crippen MR) is 135 cm³/mol. The maximum Gasteiger partial charge on any atom is 0.337 e. The Balaban J connectivity index is 1.49. The van der Waals surface area contributed by atoms with Crippen molar-refractivity contribution in [1.29, 1.82) is 0 Å². The van der Waals surface area contributed by atoms with Crippen LogP contribution in [-0.2, 0) is 20.9 Å². The van der Waals surface area contributed by atoms with Crippen LogP contribution in [-0.4, -0.2) is 16.7 Å². The fourth-order valence-corrected chi connectivity index (χ4v) is 5.05. The van der Waals surface area contributed by atoms with Gasteiger partial charge in [0.1, 0.15) is 6.61 Å². The fourth-order valence-electron chi connectivity index (χ4n) is 4.92. The van der Waals surface area contributed by atoms with Crippen molar-refractivity contribution >= 4 is 23.4 Å². The number of ketones is 1. The molecule has 3 aromatic rings. The lowest BCUT2D eigenvalue weighted by molar-refractivity contribution is -0.140. The highest BCUT2D eigenvalue weighted by molar-refractivity contribution is 6.30. The van der Waals surface area contributed by atoms with Crippen LogP contribution in [0, 0.1) is 0 Å². The predicted octanol–water partition coefficient (Wildman–Crippen LogP) is 5.84. The van der Waals surface area contributed by atoms with E-state index in [0.29, 0.717) is 40.4 Å². The number of hydrogen-bond donors (Lipinski definition) is 1. The minimum atomic E-state index is -0.575. The summed E-state index contributed by atoms with van der Waals surface area (Å²) in [6.45, 7) is 2.01. The standard InChI is InChI=1S/C29H25ClN2O3/c1-18-26(29(34)35-17-19-7-3-2-4-8-19)28(23-9-5-6-14-31-23)27-24(32-18)15-21(16-25(27)33)20-10-12-22(30)13-11-20/h2-14,21,28,32H,15-17H2,1H3/t21-,28-/m0/s1. The highest BCUT2D eigenvalue weighted by Crippen LogP contribution is 2.45. The lowest BCUT2D eigenvalue weighted by Crippen LogP contribution is -2.36. The number of dihydropyridines is 1. The van der Waals surface area contributed by atoms with Crippen molar-refractivity contribution in [2.75, 3.05) is 0 Å². The number of benzene rings is 2. The van der Waals surface area contributed by atoms with E-state index in [9.17, 15) is 9.59 Å². The Morgan fingerprint density at radius 2 is 1.77 bits per heavy atom. The number of carbonyl (C=O) groups excluding carboxylic acids is 2. The second kappa shape index (κ2) is 9.88. The maximum atomic E-state index is 13.6. The number of aromatic nitrogens is 1. The first-order chi connectivity index (χ1) is 17.0. The number of allylic oxidation sites excluding steroid dienone is 3. The number of rotatable bonds is 5. The molecule has 35 heavy (non-hydrogen) atoms. The Morgan fingerprint density at radius 3 is 2.49 bits per heavy atom. The molecule has 0 radical (unpaired) electrons. The first-order valence-corrected chi connectivity index (χ1v) is 12.0. The molecule has 2 aromatic carbocycles. The topological polar surface area (TPSA) is 68.3 Å². The van der Waals surface area contributed by atoms with Crippen molar-refractivity contribution in [2.24, 2.45) is 0 Å². The van der Waals surface area contributed by atoms with E-state index in [0.717, 1.165) is 16.8 Å². The van der Waals surface area contributed by atoms with Crippen LogP contribution >= 0.6 is 11.6 Å². The highest BCUT2D eigenvalue weighted by Gasteiger charge is 2.42. The summed E-state index contributed by atoms with van der Waals surface area (Å²) in [6.07, 6.45) is 2.70. The third-order valence-electron chi connectivity index (χ3n) is 6.59. The molecule has 0 spiro atoms. The van der Waals surface area contributed by atoms with Gasteiger partial charge >= 0.3 is 5.97 Å². The van der Waals surface area contributed by atoms with Gasteiger partial charge < -0.3 is 10.1 Å². The van der Waals surface area contributed by atoms with Crippen molar-refractivity contribution in [2.45, 2.75) is 38.2 Å². The number of nitrogens with one attached hydrogen (secondary N) is 1. The first-order valence-electron chi connectivity index (χ1n) is 11.6. The number of esters is 1. The van der Waals surface area contributed by atoms with E-state index in [4.69, 9.17) is 16.3 Å². The van der Waals surface area contributed by atoms with Gasteiger partial charge in [-0.15, -0.1) is 0 Å². The van der Waals surface area contributed by atoms with E-state index in [1.807, 2.05) is 79.7 Å². The molecule has 1 aliphatic carbocycles. The van der Waals surface area contributed by atoms with Crippen molar-refractivity contribution < 1.29 is 14.3 Å². The van der Waals surface area contributed by atoms with Gasteiger partial charge in [-0.05, 0) is 54.7 Å². The lowest BCUT2D eigenvalue weighted by atomic mass is 9.73. The van der Waals surface area contributed by atoms with Crippen LogP contribution in [0.2, 0.25) is 5.02 Å². The van der Waals surface area contributed by atoms with Gasteiger partial charge in [0.15, 0.2) is 5.78 Å². The van der Waals surface area contributed by atoms with E-state index < -0.39 is 11.9 Å². The normalized spacial score (nSPS) is 19.8. The van der Waals surface area contributed by atoms with Gasteiger partial charge in [0.05, 0.1) is 17.2 Å². The summed E-state index contributed by atoms with van der Waals surface area (Å²) in [4.78, 5) is 31.5. The molecule has 0 amide bonds. The number of nitrogens with zero attached hydrogens (tertiary/aromatic N) is 1. The van der Waals surface area contributed by atoms with Gasteiger partial charge in [0, 0.05) is 34.6 Å². The Labute approximate surface area is 209 Å². The molecule has 1 aliphatic heterocycles. The quantitative estimate of drug-likeness (QED) is 0.461. The molecule has 6 heteroatoms. The number of pyridine rings is 1. The van der Waals surface area contributed by atoms with E-state index >= 15 is 0 Å². The monoisotopic (exact) mass is 484 g/mol. The van der Waals surface area contributed by atoms with E-state index in [1.165, 1.54) is 0 Å². The molecule has 0 bridgehead atoms. The average Bonchev–Trinajstić information content (AvgIpc) is 2.88. The van der Waals surface area contributed by atoms with E-state index in [1.54, 1.807) is 6.20 Å². The first kappa shape index (κ1) is 23.1. The zero-order chi connectivity index (χ0) is 24.4. The molecule has 1 N–H and O–H groups in total. The summed E-state index contributed by atoms with van der Waals surface area (Å²) in [5.74, 6) is -0.979. The number of carbonyl (C=O) groups is 2. The Kier molecular flexibility index (Phi) is 6.51. The Morgan fingerprint density at radius 1 is 1.03 bits per heavy atom. The zero-order valence-electron chi connectivity index (χ0n) is 19.3. The molecule has 2 heterocycles. The van der Waals surface area contributed by atoms with Crippen molar-refractivity contribution in [3.05, 3.63) is 123 Å². The molecule has 2 atom stereocenters. The van der Waals surface area contributed by atoms with Gasteiger partial charge in [0.2, 0.25) is 0 Å². The van der Waals surface area contributed by atoms with E-state index in [-0.39, 0.29) is 18.3 Å². The van der Waals surface area contributed by atoms with Crippen molar-refractivity contribution in [1.82, 2.24) is 10.3 Å². The number of hydrogen-bond acceptors (Lipinski definition) is 5. The summed E-state index contributed by atoms with van der Waals surface area (Å²) in [5.41, 5.74) is 5.18. The molecule has 176 valence electrons. The molecule has 0 saturated carbocycles. The average molecular weight is 485 g/mol. The third-order valence-corrected chi connectivity index (χ3v) is 6.84. The molecule has 1 aromatic heterocycles. The Hall–Kier alpha value is -3.70. The van der Waals surface area contributed by atoms with Gasteiger partial charge in [-0.1, -0.05) is 60.1 Å². The number of ether oxygens (including phenoxy) is 1. The summed E-state index contributed by atoms with van der Waals surface area (Å²) >= 11 is 6.06. The van der Waals surface area contributed by atoms with Crippen LogP contribution in [0.15, 0.2) is 102 Å². The molecular formula is C29H25ClN2O3. The van der Waals surface area contributed by atoms with Crippen LogP contribution in [0.25, 0.3) is 0 Å². The summed E-state index contributed by atoms with van der Waals surface area (Å²) in [7, 11) is 0. The number of halogens is 1. The summed E-state index contributed by atoms with van der Waals surface area (Å²) in [5, 5.41) is 4.04. The second-order valence-electron chi connectivity index (χ2n) is 8.89. The maximum absolute atomic E-state index is 13.6. The van der Waals surface area contributed by atoms with E-state index in [2.05, 4.69) is 10.3 Å². The Bertz CT molecular complexity index is 1320. The highest BCUT2D eigenvalue weighted by atomic mass is 35.5. The zero-order valence-corrected chi connectivity index (χ0v) is 20.1. The van der Waals surface area contributed by atoms with Gasteiger partial charge in [-0.2, -0.15) is 0 Å². The van der Waals surface area contributed by atoms with Crippen molar-refractivity contribution in [3.8, 4) is 0 Å². The molecule has 0 fully saturated rings. The van der Waals surface area contributed by atoms with Gasteiger partial charge in [-0.25, -0.2) is 4.79 Å². The SMILES string of the molecule is CC1=C(C(=O)OCc2ccccc2)[C@H](c2ccccn2)C2=C(C[C@H](c3ccc(Cl)cc3)CC2=O)N1. The van der Waals surface area contributed by atoms with Gasteiger partial charge in [-0.3, -0.25) is 9.78 Å². The molecule has 0 saturated heterocycles. The van der Waals surface area contributed by atoms with Crippen LogP contribution in [0.5, 0.6) is 0 Å². The molecule has 5 nitrogen and oxygen atoms in total. The molecular weight excluding hydrogens is 460 g/mol. The summed E-state index contributed by atoms with van der Waals surface area (Å²) in [6, 6.07) is 22.7. The summed E-state index contributed by atoms with van der Waals surface area (Å²) < 4.78 is 5.70. The van der Waals surface area contributed by atoms with Crippen LogP contribution in [0.1, 0.15) is 48.4 Å². The fraction of sp³-hybridized carbons (Fsp3) is 0.207. The third kappa shape index (κ3) is 4.77. The minimum Gasteiger partial charge on any atom is -0.457 e. The lowest BCUT2D eigenvalue weighted by Gasteiger charge is -2.36. The second-order valence-corrected chi connectivity index (χ2v) is 9.32. The van der Waals surface area contributed by atoms with Crippen LogP contribution in [0.3, 0.4) is 0 Å². The van der Waals surface area contributed by atoms with Gasteiger partial charge in [0.25, 0.3) is 0 Å². The number of Topliss-reactive ketones (excluding diaryl/α,β-unsaturated/α-hetero) is 1. The van der Waals surface area contributed by atoms with Crippen LogP contribution < -0.4 is 5.32 Å². The largest absolute Gasteiger partial charge is 0.457 e. The molecule has 0 unspecified atom stereocenters. The smallest absolute Gasteiger partial charge is 0.337 e. The molecule has 5 rings (SSSR count). The minimum absolute atomic E-state index is 0.00946.